The number of carboxylic acids is 1. The van der Waals surface area contributed by atoms with Gasteiger partial charge >= 0.3 is 5.97 Å². The first-order valence-corrected chi connectivity index (χ1v) is 5.15. The van der Waals surface area contributed by atoms with Crippen LogP contribution in [0.2, 0.25) is 0 Å². The van der Waals surface area contributed by atoms with Crippen molar-refractivity contribution in [3.05, 3.63) is 30.1 Å². The second-order valence-electron chi connectivity index (χ2n) is 3.80. The minimum Gasteiger partial charge on any atom is -0.481 e. The summed E-state index contributed by atoms with van der Waals surface area (Å²) in [5.41, 5.74) is 1.01. The van der Waals surface area contributed by atoms with Gasteiger partial charge in [0.25, 0.3) is 0 Å². The van der Waals surface area contributed by atoms with Crippen LogP contribution in [0.25, 0.3) is 0 Å². The maximum atomic E-state index is 11.1. The van der Waals surface area contributed by atoms with Crippen molar-refractivity contribution in [2.24, 2.45) is 5.92 Å². The molecule has 0 radical (unpaired) electrons. The Morgan fingerprint density at radius 3 is 2.87 bits per heavy atom. The summed E-state index contributed by atoms with van der Waals surface area (Å²) in [5, 5.41) is 12.4. The number of aromatic nitrogens is 1. The molecule has 0 unspecified atom stereocenters. The molecule has 4 nitrogen and oxygen atoms in total. The third-order valence-corrected chi connectivity index (χ3v) is 2.84. The van der Waals surface area contributed by atoms with E-state index in [-0.39, 0.29) is 12.0 Å². The fourth-order valence-electron chi connectivity index (χ4n) is 2.08. The maximum Gasteiger partial charge on any atom is 0.308 e. The molecule has 1 aromatic heterocycles. The van der Waals surface area contributed by atoms with E-state index in [1.165, 1.54) is 0 Å². The Hall–Kier alpha value is -1.42. The van der Waals surface area contributed by atoms with Crippen LogP contribution < -0.4 is 5.32 Å². The lowest BCUT2D eigenvalue weighted by molar-refractivity contribution is -0.143. The van der Waals surface area contributed by atoms with Crippen molar-refractivity contribution < 1.29 is 9.90 Å². The molecule has 1 aromatic rings. The molecule has 0 amide bonds. The predicted molar refractivity (Wildman–Crippen MR) is 55.3 cm³/mol. The quantitative estimate of drug-likeness (QED) is 0.763. The van der Waals surface area contributed by atoms with Crippen molar-refractivity contribution in [3.63, 3.8) is 0 Å². The van der Waals surface area contributed by atoms with E-state index in [0.29, 0.717) is 0 Å². The highest BCUT2D eigenvalue weighted by atomic mass is 16.4. The molecule has 1 saturated heterocycles. The highest BCUT2D eigenvalue weighted by Gasteiger charge is 2.31. The van der Waals surface area contributed by atoms with Gasteiger partial charge in [-0.25, -0.2) is 0 Å². The zero-order valence-corrected chi connectivity index (χ0v) is 8.39. The summed E-state index contributed by atoms with van der Waals surface area (Å²) in [6.45, 7) is 0.886. The zero-order chi connectivity index (χ0) is 10.7. The number of carboxylic acid groups (broad SMARTS) is 1. The molecule has 0 aromatic carbocycles. The summed E-state index contributed by atoms with van der Waals surface area (Å²) in [6.07, 6.45) is 5.07. The Kier molecular flexibility index (Phi) is 2.97. The molecule has 15 heavy (non-hydrogen) atoms. The first kappa shape index (κ1) is 10.1. The molecular weight excluding hydrogens is 192 g/mol. The molecule has 80 valence electrons. The minimum atomic E-state index is -0.719. The van der Waals surface area contributed by atoms with Gasteiger partial charge in [0.2, 0.25) is 0 Å². The molecule has 0 spiro atoms. The molecule has 0 saturated carbocycles. The van der Waals surface area contributed by atoms with Gasteiger partial charge in [0, 0.05) is 18.4 Å². The molecule has 1 fully saturated rings. The summed E-state index contributed by atoms with van der Waals surface area (Å²) in [5.74, 6) is -1.04. The molecule has 4 heteroatoms. The number of aliphatic carboxylic acids is 1. The van der Waals surface area contributed by atoms with E-state index in [1.54, 1.807) is 12.4 Å². The lowest BCUT2D eigenvalue weighted by Crippen LogP contribution is -2.38. The Labute approximate surface area is 88.3 Å². The summed E-state index contributed by atoms with van der Waals surface area (Å²) in [6, 6.07) is 3.68. The second kappa shape index (κ2) is 4.40. The monoisotopic (exact) mass is 206 g/mol. The Morgan fingerprint density at radius 2 is 2.20 bits per heavy atom. The molecule has 0 bridgehead atoms. The van der Waals surface area contributed by atoms with E-state index < -0.39 is 5.97 Å². The molecule has 2 N–H and O–H groups in total. The van der Waals surface area contributed by atoms with Gasteiger partial charge in [-0.1, -0.05) is 0 Å². The van der Waals surface area contributed by atoms with Gasteiger partial charge in [0.05, 0.1) is 5.92 Å². The van der Waals surface area contributed by atoms with Crippen molar-refractivity contribution in [1.29, 1.82) is 0 Å². The highest BCUT2D eigenvalue weighted by molar-refractivity contribution is 5.71. The second-order valence-corrected chi connectivity index (χ2v) is 3.80. The summed E-state index contributed by atoms with van der Waals surface area (Å²) >= 11 is 0. The van der Waals surface area contributed by atoms with E-state index in [2.05, 4.69) is 10.3 Å². The highest BCUT2D eigenvalue weighted by Crippen LogP contribution is 2.28. The van der Waals surface area contributed by atoms with Crippen LogP contribution in [0.3, 0.4) is 0 Å². The van der Waals surface area contributed by atoms with Gasteiger partial charge in [-0.3, -0.25) is 9.78 Å². The average molecular weight is 206 g/mol. The van der Waals surface area contributed by atoms with Crippen molar-refractivity contribution in [1.82, 2.24) is 10.3 Å². The molecule has 0 aliphatic carbocycles. The number of carbonyl (C=O) groups is 1. The van der Waals surface area contributed by atoms with E-state index in [0.717, 1.165) is 24.9 Å². The van der Waals surface area contributed by atoms with E-state index in [1.807, 2.05) is 12.1 Å². The van der Waals surface area contributed by atoms with Gasteiger partial charge in [-0.05, 0) is 37.1 Å². The Bertz CT molecular complexity index is 340. The third-order valence-electron chi connectivity index (χ3n) is 2.84. The van der Waals surface area contributed by atoms with Crippen molar-refractivity contribution in [2.75, 3.05) is 6.54 Å². The summed E-state index contributed by atoms with van der Waals surface area (Å²) < 4.78 is 0. The fraction of sp³-hybridized carbons (Fsp3) is 0.455. The van der Waals surface area contributed by atoms with Gasteiger partial charge in [-0.2, -0.15) is 0 Å². The lowest BCUT2D eigenvalue weighted by Gasteiger charge is -2.30. The first-order chi connectivity index (χ1) is 7.29. The molecule has 1 aliphatic heterocycles. The van der Waals surface area contributed by atoms with Gasteiger partial charge in [0.1, 0.15) is 0 Å². The molecule has 2 heterocycles. The third kappa shape index (κ3) is 2.15. The minimum absolute atomic E-state index is 0.0701. The topological polar surface area (TPSA) is 62.2 Å². The Morgan fingerprint density at radius 1 is 1.47 bits per heavy atom. The van der Waals surface area contributed by atoms with Crippen LogP contribution in [0.4, 0.5) is 0 Å². The van der Waals surface area contributed by atoms with Crippen LogP contribution in [0, 0.1) is 5.92 Å². The van der Waals surface area contributed by atoms with E-state index in [4.69, 9.17) is 5.11 Å². The van der Waals surface area contributed by atoms with Crippen LogP contribution in [0.1, 0.15) is 24.4 Å². The number of hydrogen-bond acceptors (Lipinski definition) is 3. The largest absolute Gasteiger partial charge is 0.481 e. The fourth-order valence-corrected chi connectivity index (χ4v) is 2.08. The van der Waals surface area contributed by atoms with Crippen molar-refractivity contribution in [3.8, 4) is 0 Å². The first-order valence-electron chi connectivity index (χ1n) is 5.15. The predicted octanol–water partition coefficient (Wildman–Crippen LogP) is 1.21. The number of pyridine rings is 1. The number of piperidine rings is 1. The molecule has 2 rings (SSSR count). The normalized spacial score (nSPS) is 26.1. The molecular formula is C11H14N2O2. The number of nitrogens with zero attached hydrogens (tertiary/aromatic N) is 1. The van der Waals surface area contributed by atoms with Crippen molar-refractivity contribution >= 4 is 5.97 Å². The van der Waals surface area contributed by atoms with Crippen LogP contribution in [0.15, 0.2) is 24.5 Å². The van der Waals surface area contributed by atoms with Crippen LogP contribution in [0.5, 0.6) is 0 Å². The van der Waals surface area contributed by atoms with E-state index >= 15 is 0 Å². The van der Waals surface area contributed by atoms with Gasteiger partial charge in [-0.15, -0.1) is 0 Å². The Balaban J connectivity index is 2.22. The number of hydrogen-bond donors (Lipinski definition) is 2. The van der Waals surface area contributed by atoms with Crippen LogP contribution >= 0.6 is 0 Å². The van der Waals surface area contributed by atoms with Crippen molar-refractivity contribution in [2.45, 2.75) is 18.9 Å². The van der Waals surface area contributed by atoms with Gasteiger partial charge in [0.15, 0.2) is 0 Å². The smallest absolute Gasteiger partial charge is 0.308 e. The summed E-state index contributed by atoms with van der Waals surface area (Å²) in [4.78, 5) is 15.0. The van der Waals surface area contributed by atoms with Crippen LogP contribution in [-0.4, -0.2) is 22.6 Å². The lowest BCUT2D eigenvalue weighted by atomic mass is 9.87. The SMILES string of the molecule is O=C(O)[C@@H]1CCCN[C@H]1c1ccncc1. The van der Waals surface area contributed by atoms with Crippen LogP contribution in [-0.2, 0) is 4.79 Å². The number of rotatable bonds is 2. The van der Waals surface area contributed by atoms with Gasteiger partial charge < -0.3 is 10.4 Å². The number of nitrogens with one attached hydrogen (secondary N) is 1. The zero-order valence-electron chi connectivity index (χ0n) is 8.39. The standard InChI is InChI=1S/C11H14N2O2/c14-11(15)9-2-1-5-13-10(9)8-3-6-12-7-4-8/h3-4,6-7,9-10,13H,1-2,5H2,(H,14,15)/t9-,10+/m1/s1. The maximum absolute atomic E-state index is 11.1. The molecule has 2 atom stereocenters. The summed E-state index contributed by atoms with van der Waals surface area (Å²) in [7, 11) is 0. The van der Waals surface area contributed by atoms with E-state index in [9.17, 15) is 4.79 Å². The molecule has 1 aliphatic rings. The average Bonchev–Trinajstić information content (AvgIpc) is 2.30.